The Balaban J connectivity index is 3.16. The molecule has 0 atom stereocenters. The van der Waals surface area contributed by atoms with Gasteiger partial charge in [-0.05, 0) is 13.0 Å². The van der Waals surface area contributed by atoms with E-state index in [4.69, 9.17) is 5.73 Å². The minimum atomic E-state index is 0.477. The van der Waals surface area contributed by atoms with E-state index in [1.165, 1.54) is 0 Å². The molecule has 3 heteroatoms. The zero-order chi connectivity index (χ0) is 7.56. The summed E-state index contributed by atoms with van der Waals surface area (Å²) >= 11 is 0. The fraction of sp³-hybridized carbons (Fsp3) is 0.143. The summed E-state index contributed by atoms with van der Waals surface area (Å²) in [5.74, 6) is 0.477. The quantitative estimate of drug-likeness (QED) is 0.625. The highest BCUT2D eigenvalue weighted by molar-refractivity contribution is 5.43. The first-order valence-electron chi connectivity index (χ1n) is 2.95. The molecule has 0 amide bonds. The zero-order valence-electron chi connectivity index (χ0n) is 5.83. The summed E-state index contributed by atoms with van der Waals surface area (Å²) in [5.41, 5.74) is 6.94. The molecular formula is C7H9N3. The monoisotopic (exact) mass is 135 g/mol. The Hall–Kier alpha value is -1.38. The number of rotatable bonds is 1. The average molecular weight is 135 g/mol. The van der Waals surface area contributed by atoms with Gasteiger partial charge in [0.25, 0.3) is 0 Å². The Labute approximate surface area is 59.6 Å². The SMILES string of the molecule is C=Cc1cnc(N)c(C)n1. The van der Waals surface area contributed by atoms with Crippen molar-refractivity contribution in [3.05, 3.63) is 24.2 Å². The molecular weight excluding hydrogens is 126 g/mol. The van der Waals surface area contributed by atoms with Crippen molar-refractivity contribution < 1.29 is 0 Å². The first-order valence-corrected chi connectivity index (χ1v) is 2.95. The van der Waals surface area contributed by atoms with E-state index in [2.05, 4.69) is 16.5 Å². The fourth-order valence-electron chi connectivity index (χ4n) is 0.607. The van der Waals surface area contributed by atoms with Crippen LogP contribution in [0.25, 0.3) is 6.08 Å². The van der Waals surface area contributed by atoms with Gasteiger partial charge in [0.2, 0.25) is 0 Å². The van der Waals surface area contributed by atoms with Crippen LogP contribution >= 0.6 is 0 Å². The van der Waals surface area contributed by atoms with Crippen LogP contribution in [0.15, 0.2) is 12.8 Å². The molecule has 0 saturated carbocycles. The van der Waals surface area contributed by atoms with E-state index in [9.17, 15) is 0 Å². The lowest BCUT2D eigenvalue weighted by atomic mass is 10.4. The molecule has 0 aromatic carbocycles. The van der Waals surface area contributed by atoms with Gasteiger partial charge in [0.1, 0.15) is 5.82 Å². The minimum Gasteiger partial charge on any atom is -0.382 e. The maximum absolute atomic E-state index is 5.44. The van der Waals surface area contributed by atoms with Crippen molar-refractivity contribution >= 4 is 11.9 Å². The first kappa shape index (κ1) is 6.74. The lowest BCUT2D eigenvalue weighted by Gasteiger charge is -1.97. The third-order valence-corrected chi connectivity index (χ3v) is 1.21. The molecule has 0 unspecified atom stereocenters. The first-order chi connectivity index (χ1) is 4.74. The van der Waals surface area contributed by atoms with Gasteiger partial charge >= 0.3 is 0 Å². The maximum atomic E-state index is 5.44. The van der Waals surface area contributed by atoms with Gasteiger partial charge in [0.15, 0.2) is 0 Å². The molecule has 1 heterocycles. The number of anilines is 1. The second kappa shape index (κ2) is 2.47. The highest BCUT2D eigenvalue weighted by Crippen LogP contribution is 2.03. The summed E-state index contributed by atoms with van der Waals surface area (Å²) in [7, 11) is 0. The van der Waals surface area contributed by atoms with E-state index in [1.807, 2.05) is 6.92 Å². The van der Waals surface area contributed by atoms with Crippen molar-refractivity contribution in [2.45, 2.75) is 6.92 Å². The average Bonchev–Trinajstić information content (AvgIpc) is 1.95. The highest BCUT2D eigenvalue weighted by Gasteiger charge is 1.94. The Kier molecular flexibility index (Phi) is 1.67. The molecule has 0 aliphatic carbocycles. The number of nitrogen functional groups attached to an aromatic ring is 1. The summed E-state index contributed by atoms with van der Waals surface area (Å²) in [6.07, 6.45) is 3.23. The Morgan fingerprint density at radius 2 is 2.40 bits per heavy atom. The molecule has 0 aliphatic heterocycles. The zero-order valence-corrected chi connectivity index (χ0v) is 5.83. The van der Waals surface area contributed by atoms with Crippen molar-refractivity contribution in [3.63, 3.8) is 0 Å². The third kappa shape index (κ3) is 1.13. The third-order valence-electron chi connectivity index (χ3n) is 1.21. The van der Waals surface area contributed by atoms with Crippen LogP contribution in [-0.2, 0) is 0 Å². The summed E-state index contributed by atoms with van der Waals surface area (Å²) in [6.45, 7) is 5.37. The van der Waals surface area contributed by atoms with Gasteiger partial charge in [-0.25, -0.2) is 9.97 Å². The van der Waals surface area contributed by atoms with Crippen LogP contribution < -0.4 is 5.73 Å². The van der Waals surface area contributed by atoms with Crippen LogP contribution in [-0.4, -0.2) is 9.97 Å². The molecule has 3 nitrogen and oxygen atoms in total. The molecule has 0 radical (unpaired) electrons. The second-order valence-corrected chi connectivity index (χ2v) is 1.97. The van der Waals surface area contributed by atoms with E-state index in [1.54, 1.807) is 12.3 Å². The van der Waals surface area contributed by atoms with Crippen LogP contribution in [0.4, 0.5) is 5.82 Å². The summed E-state index contributed by atoms with van der Waals surface area (Å²) < 4.78 is 0. The molecule has 52 valence electrons. The van der Waals surface area contributed by atoms with Gasteiger partial charge in [-0.1, -0.05) is 6.58 Å². The van der Waals surface area contributed by atoms with Crippen LogP contribution in [0.3, 0.4) is 0 Å². The lowest BCUT2D eigenvalue weighted by molar-refractivity contribution is 1.11. The molecule has 0 bridgehead atoms. The fourth-order valence-corrected chi connectivity index (χ4v) is 0.607. The molecule has 0 fully saturated rings. The summed E-state index contributed by atoms with van der Waals surface area (Å²) in [4.78, 5) is 7.98. The van der Waals surface area contributed by atoms with E-state index >= 15 is 0 Å². The van der Waals surface area contributed by atoms with Gasteiger partial charge in [-0.2, -0.15) is 0 Å². The van der Waals surface area contributed by atoms with Gasteiger partial charge in [-0.3, -0.25) is 0 Å². The number of nitrogens with two attached hydrogens (primary N) is 1. The van der Waals surface area contributed by atoms with Gasteiger partial charge in [-0.15, -0.1) is 0 Å². The molecule has 2 N–H and O–H groups in total. The predicted molar refractivity (Wildman–Crippen MR) is 41.3 cm³/mol. The minimum absolute atomic E-state index is 0.477. The van der Waals surface area contributed by atoms with Crippen LogP contribution in [0.5, 0.6) is 0 Å². The standard InChI is InChI=1S/C7H9N3/c1-3-6-4-9-7(8)5(2)10-6/h3-4H,1H2,2H3,(H2,8,9). The normalized spacial score (nSPS) is 9.30. The van der Waals surface area contributed by atoms with Gasteiger partial charge < -0.3 is 5.73 Å². The lowest BCUT2D eigenvalue weighted by Crippen LogP contribution is -1.97. The Morgan fingerprint density at radius 1 is 1.70 bits per heavy atom. The summed E-state index contributed by atoms with van der Waals surface area (Å²) in [6, 6.07) is 0. The molecule has 1 aromatic rings. The van der Waals surface area contributed by atoms with Crippen LogP contribution in [0.2, 0.25) is 0 Å². The van der Waals surface area contributed by atoms with Crippen molar-refractivity contribution in [1.82, 2.24) is 9.97 Å². The van der Waals surface area contributed by atoms with Crippen LogP contribution in [0.1, 0.15) is 11.4 Å². The van der Waals surface area contributed by atoms with E-state index in [-0.39, 0.29) is 0 Å². The smallest absolute Gasteiger partial charge is 0.144 e. The van der Waals surface area contributed by atoms with Gasteiger partial charge in [0.05, 0.1) is 17.6 Å². The Morgan fingerprint density at radius 3 is 2.90 bits per heavy atom. The number of aromatic nitrogens is 2. The maximum Gasteiger partial charge on any atom is 0.144 e. The molecule has 1 rings (SSSR count). The van der Waals surface area contributed by atoms with E-state index in [0.717, 1.165) is 11.4 Å². The van der Waals surface area contributed by atoms with Crippen molar-refractivity contribution in [2.24, 2.45) is 0 Å². The summed E-state index contributed by atoms with van der Waals surface area (Å²) in [5, 5.41) is 0. The van der Waals surface area contributed by atoms with E-state index in [0.29, 0.717) is 5.82 Å². The molecule has 0 spiro atoms. The number of hydrogen-bond acceptors (Lipinski definition) is 3. The second-order valence-electron chi connectivity index (χ2n) is 1.97. The van der Waals surface area contributed by atoms with Crippen LogP contribution in [0, 0.1) is 6.92 Å². The highest BCUT2D eigenvalue weighted by atomic mass is 14.9. The topological polar surface area (TPSA) is 51.8 Å². The molecule has 0 aliphatic rings. The Bertz CT molecular complexity index is 255. The van der Waals surface area contributed by atoms with Crippen molar-refractivity contribution in [2.75, 3.05) is 5.73 Å². The number of nitrogens with zero attached hydrogens (tertiary/aromatic N) is 2. The molecule has 0 saturated heterocycles. The molecule has 10 heavy (non-hydrogen) atoms. The predicted octanol–water partition coefficient (Wildman–Crippen LogP) is 1.01. The van der Waals surface area contributed by atoms with Crippen molar-refractivity contribution in [3.8, 4) is 0 Å². The number of aryl methyl sites for hydroxylation is 1. The van der Waals surface area contributed by atoms with Gasteiger partial charge in [0, 0.05) is 0 Å². The largest absolute Gasteiger partial charge is 0.382 e. The van der Waals surface area contributed by atoms with E-state index < -0.39 is 0 Å². The molecule has 1 aromatic heterocycles. The number of hydrogen-bond donors (Lipinski definition) is 1. The van der Waals surface area contributed by atoms with Crippen molar-refractivity contribution in [1.29, 1.82) is 0 Å².